The van der Waals surface area contributed by atoms with Gasteiger partial charge in [0.25, 0.3) is 0 Å². The summed E-state index contributed by atoms with van der Waals surface area (Å²) in [4.78, 5) is 27.0. The number of rotatable bonds is 4. The van der Waals surface area contributed by atoms with Gasteiger partial charge in [0.05, 0.1) is 10.0 Å². The second-order valence-electron chi connectivity index (χ2n) is 11.8. The summed E-state index contributed by atoms with van der Waals surface area (Å²) in [5.41, 5.74) is 2.36. The highest BCUT2D eigenvalue weighted by Gasteiger charge is 2.48. The molecule has 4 nitrogen and oxygen atoms in total. The summed E-state index contributed by atoms with van der Waals surface area (Å²) in [5.74, 6) is 1.15. The number of allylic oxidation sites excluding steroid dienone is 4. The van der Waals surface area contributed by atoms with E-state index >= 15 is 0 Å². The summed E-state index contributed by atoms with van der Waals surface area (Å²) in [6.07, 6.45) is 2.05. The zero-order chi connectivity index (χ0) is 26.7. The van der Waals surface area contributed by atoms with E-state index in [-0.39, 0.29) is 22.4 Å². The minimum atomic E-state index is -0.554. The van der Waals surface area contributed by atoms with Gasteiger partial charge in [-0.1, -0.05) is 79.0 Å². The first-order chi connectivity index (χ1) is 17.3. The third kappa shape index (κ3) is 5.28. The van der Waals surface area contributed by atoms with E-state index in [1.54, 1.807) is 12.1 Å². The molecule has 0 saturated heterocycles. The minimum absolute atomic E-state index is 0.00300. The molecule has 2 aliphatic carbocycles. The van der Waals surface area contributed by atoms with Gasteiger partial charge in [-0.15, -0.1) is 0 Å². The Balaban J connectivity index is 1.56. The molecule has 2 aromatic carbocycles. The summed E-state index contributed by atoms with van der Waals surface area (Å²) in [6.45, 7) is 8.57. The van der Waals surface area contributed by atoms with Crippen LogP contribution in [0.1, 0.15) is 70.4 Å². The fraction of sp³-hybridized carbons (Fsp3) is 0.400. The number of ether oxygens (including phenoxy) is 2. The number of hydrogen-bond acceptors (Lipinski definition) is 4. The number of hydrogen-bond donors (Lipinski definition) is 0. The molecule has 7 heteroatoms. The highest BCUT2D eigenvalue weighted by molar-refractivity contribution is 9.10. The van der Waals surface area contributed by atoms with Gasteiger partial charge in [-0.25, -0.2) is 0 Å². The van der Waals surface area contributed by atoms with E-state index in [0.717, 1.165) is 10.0 Å². The molecule has 0 amide bonds. The third-order valence-corrected chi connectivity index (χ3v) is 8.32. The molecule has 37 heavy (non-hydrogen) atoms. The molecule has 1 aliphatic heterocycles. The van der Waals surface area contributed by atoms with E-state index in [0.29, 0.717) is 76.3 Å². The first kappa shape index (κ1) is 26.5. The molecule has 0 fully saturated rings. The first-order valence-electron chi connectivity index (χ1n) is 12.4. The molecule has 0 bridgehead atoms. The molecule has 0 atom stereocenters. The molecule has 0 saturated carbocycles. The zero-order valence-electron chi connectivity index (χ0n) is 21.3. The van der Waals surface area contributed by atoms with E-state index in [1.807, 2.05) is 24.3 Å². The van der Waals surface area contributed by atoms with Gasteiger partial charge in [0.2, 0.25) is 0 Å². The van der Waals surface area contributed by atoms with E-state index in [9.17, 15) is 9.59 Å². The van der Waals surface area contributed by atoms with Gasteiger partial charge in [0.15, 0.2) is 17.3 Å². The Labute approximate surface area is 236 Å². The lowest BCUT2D eigenvalue weighted by molar-refractivity contribution is -0.120. The average Bonchev–Trinajstić information content (AvgIpc) is 2.76. The fourth-order valence-corrected chi connectivity index (χ4v) is 6.51. The fourth-order valence-electron chi connectivity index (χ4n) is 5.63. The van der Waals surface area contributed by atoms with Crippen molar-refractivity contribution in [3.05, 3.63) is 84.7 Å². The predicted octanol–water partition coefficient (Wildman–Crippen LogP) is 8.74. The standard InChI is InChI=1S/C30H29BrCl2O4/c1-29(2)11-21(34)26-23(13-29)37-24-14-30(3,4)12-22(35)27(24)25(26)17-9-19(32)28(20(33)10-17)36-15-16-5-7-18(31)8-6-16/h5-10,25H,11-15H2,1-4H3. The lowest BCUT2D eigenvalue weighted by Crippen LogP contribution is -2.37. The molecule has 5 rings (SSSR count). The molecule has 0 radical (unpaired) electrons. The molecule has 0 N–H and O–H groups in total. The van der Waals surface area contributed by atoms with Crippen LogP contribution in [0.15, 0.2) is 63.5 Å². The summed E-state index contributed by atoms with van der Waals surface area (Å²) in [7, 11) is 0. The maximum absolute atomic E-state index is 13.5. The van der Waals surface area contributed by atoms with Crippen molar-refractivity contribution in [1.82, 2.24) is 0 Å². The quantitative estimate of drug-likeness (QED) is 0.350. The third-order valence-electron chi connectivity index (χ3n) is 7.23. The van der Waals surface area contributed by atoms with Crippen molar-refractivity contribution in [3.63, 3.8) is 0 Å². The Bertz CT molecular complexity index is 1290. The molecule has 194 valence electrons. The van der Waals surface area contributed by atoms with Crippen LogP contribution in [0, 0.1) is 10.8 Å². The second-order valence-corrected chi connectivity index (χ2v) is 13.5. The molecule has 0 unspecified atom stereocenters. The van der Waals surface area contributed by atoms with E-state index in [4.69, 9.17) is 32.7 Å². The molecule has 3 aliphatic rings. The molecule has 0 spiro atoms. The Morgan fingerprint density at radius 1 is 0.865 bits per heavy atom. The Hall–Kier alpha value is -2.08. The van der Waals surface area contributed by atoms with Crippen molar-refractivity contribution < 1.29 is 19.1 Å². The smallest absolute Gasteiger partial charge is 0.163 e. The number of carbonyl (C=O) groups excluding carboxylic acids is 2. The highest BCUT2D eigenvalue weighted by Crippen LogP contribution is 2.54. The van der Waals surface area contributed by atoms with Gasteiger partial charge in [-0.3, -0.25) is 9.59 Å². The maximum atomic E-state index is 13.5. The number of ketones is 2. The summed E-state index contributed by atoms with van der Waals surface area (Å²) in [6, 6.07) is 11.3. The average molecular weight is 604 g/mol. The molecule has 1 heterocycles. The van der Waals surface area contributed by atoms with Gasteiger partial charge in [-0.2, -0.15) is 0 Å². The van der Waals surface area contributed by atoms with Crippen LogP contribution in [-0.4, -0.2) is 11.6 Å². The Kier molecular flexibility index (Phi) is 6.87. The lowest BCUT2D eigenvalue weighted by atomic mass is 9.65. The molecule has 0 aromatic heterocycles. The van der Waals surface area contributed by atoms with Crippen LogP contribution in [-0.2, 0) is 20.9 Å². The van der Waals surface area contributed by atoms with Crippen molar-refractivity contribution >= 4 is 50.7 Å². The lowest BCUT2D eigenvalue weighted by Gasteiger charge is -2.42. The topological polar surface area (TPSA) is 52.6 Å². The summed E-state index contributed by atoms with van der Waals surface area (Å²) in [5, 5.41) is 0.671. The van der Waals surface area contributed by atoms with E-state index in [2.05, 4.69) is 43.6 Å². The maximum Gasteiger partial charge on any atom is 0.163 e. The van der Waals surface area contributed by atoms with Gasteiger partial charge < -0.3 is 9.47 Å². The largest absolute Gasteiger partial charge is 0.486 e. The van der Waals surface area contributed by atoms with Gasteiger partial charge in [-0.05, 0) is 46.2 Å². The van der Waals surface area contributed by atoms with Crippen LogP contribution in [0.2, 0.25) is 10.0 Å². The zero-order valence-corrected chi connectivity index (χ0v) is 24.4. The minimum Gasteiger partial charge on any atom is -0.486 e. The van der Waals surface area contributed by atoms with Crippen LogP contribution >= 0.6 is 39.1 Å². The monoisotopic (exact) mass is 602 g/mol. The highest BCUT2D eigenvalue weighted by atomic mass is 79.9. The Morgan fingerprint density at radius 2 is 1.35 bits per heavy atom. The van der Waals surface area contributed by atoms with Crippen molar-refractivity contribution in [2.75, 3.05) is 0 Å². The summed E-state index contributed by atoms with van der Waals surface area (Å²) < 4.78 is 13.3. The van der Waals surface area contributed by atoms with Gasteiger partial charge >= 0.3 is 0 Å². The van der Waals surface area contributed by atoms with E-state index < -0.39 is 5.92 Å². The van der Waals surface area contributed by atoms with Crippen molar-refractivity contribution in [2.45, 2.75) is 65.9 Å². The van der Waals surface area contributed by atoms with Crippen LogP contribution in [0.4, 0.5) is 0 Å². The predicted molar refractivity (Wildman–Crippen MR) is 149 cm³/mol. The normalized spacial score (nSPS) is 20.9. The van der Waals surface area contributed by atoms with Gasteiger partial charge in [0, 0.05) is 47.2 Å². The molecular weight excluding hydrogens is 575 g/mol. The number of halogens is 3. The first-order valence-corrected chi connectivity index (χ1v) is 13.9. The molecule has 2 aromatic rings. The van der Waals surface area contributed by atoms with E-state index in [1.165, 1.54) is 0 Å². The van der Waals surface area contributed by atoms with Crippen LogP contribution in [0.3, 0.4) is 0 Å². The van der Waals surface area contributed by atoms with Gasteiger partial charge in [0.1, 0.15) is 18.1 Å². The van der Waals surface area contributed by atoms with Crippen LogP contribution in [0.5, 0.6) is 5.75 Å². The van der Waals surface area contributed by atoms with Crippen molar-refractivity contribution in [2.24, 2.45) is 10.8 Å². The number of benzene rings is 2. The Morgan fingerprint density at radius 3 is 1.84 bits per heavy atom. The van der Waals surface area contributed by atoms with Crippen molar-refractivity contribution in [3.8, 4) is 5.75 Å². The summed E-state index contributed by atoms with van der Waals surface area (Å²) >= 11 is 16.9. The number of carbonyl (C=O) groups is 2. The molecular formula is C30H29BrCl2O4. The van der Waals surface area contributed by atoms with Crippen LogP contribution in [0.25, 0.3) is 0 Å². The van der Waals surface area contributed by atoms with Crippen molar-refractivity contribution in [1.29, 1.82) is 0 Å². The SMILES string of the molecule is CC1(C)CC(=O)C2=C(C1)OC1=C(C(=O)CC(C)(C)C1)C2c1cc(Cl)c(OCc2ccc(Br)cc2)c(Cl)c1. The van der Waals surface area contributed by atoms with Crippen LogP contribution < -0.4 is 4.74 Å². The number of Topliss-reactive ketones (excluding diaryl/α,β-unsaturated/α-hetero) is 2. The second kappa shape index (κ2) is 9.59.